The van der Waals surface area contributed by atoms with Gasteiger partial charge in [-0.3, -0.25) is 9.59 Å². The molecule has 0 aromatic heterocycles. The molecule has 33 heavy (non-hydrogen) atoms. The Labute approximate surface area is 195 Å². The van der Waals surface area contributed by atoms with Crippen LogP contribution in [0, 0.1) is 6.92 Å². The van der Waals surface area contributed by atoms with E-state index in [1.54, 1.807) is 48.5 Å². The second-order valence-electron chi connectivity index (χ2n) is 6.85. The van der Waals surface area contributed by atoms with Crippen molar-refractivity contribution in [3.8, 4) is 5.75 Å². The number of esters is 1. The molecular formula is C25H20ClN3O4. The van der Waals surface area contributed by atoms with Gasteiger partial charge in [-0.1, -0.05) is 48.0 Å². The fraction of sp³-hybridized carbons (Fsp3) is 0.0400. The third-order valence-electron chi connectivity index (χ3n) is 4.33. The molecule has 0 saturated heterocycles. The molecule has 3 rings (SSSR count). The molecule has 0 bridgehead atoms. The van der Waals surface area contributed by atoms with Crippen LogP contribution < -0.4 is 15.5 Å². The molecule has 8 heteroatoms. The first-order chi connectivity index (χ1) is 15.9. The summed E-state index contributed by atoms with van der Waals surface area (Å²) < 4.78 is 5.24. The predicted octanol–water partition coefficient (Wildman–Crippen LogP) is 4.36. The summed E-state index contributed by atoms with van der Waals surface area (Å²) in [6.45, 7) is 1.83. The van der Waals surface area contributed by atoms with Gasteiger partial charge in [0.1, 0.15) is 5.75 Å². The normalized spacial score (nSPS) is 10.8. The number of hydrogen-bond donors (Lipinski definition) is 2. The Hall–Kier alpha value is -4.23. The summed E-state index contributed by atoms with van der Waals surface area (Å²) in [5.74, 6) is -1.96. The van der Waals surface area contributed by atoms with Crippen molar-refractivity contribution in [2.75, 3.05) is 5.32 Å². The Morgan fingerprint density at radius 2 is 1.64 bits per heavy atom. The van der Waals surface area contributed by atoms with Gasteiger partial charge >= 0.3 is 17.8 Å². The Balaban J connectivity index is 1.47. The molecule has 0 radical (unpaired) electrons. The van der Waals surface area contributed by atoms with Crippen molar-refractivity contribution in [1.82, 2.24) is 5.43 Å². The third kappa shape index (κ3) is 7.45. The number of carbonyl (C=O) groups excluding carboxylic acids is 3. The number of hydrazone groups is 1. The molecule has 3 aromatic carbocycles. The number of ether oxygens (including phenoxy) is 1. The molecule has 166 valence electrons. The molecule has 0 saturated carbocycles. The van der Waals surface area contributed by atoms with E-state index in [0.29, 0.717) is 22.0 Å². The lowest BCUT2D eigenvalue weighted by Gasteiger charge is -2.05. The second kappa shape index (κ2) is 11.4. The Kier molecular flexibility index (Phi) is 8.10. The van der Waals surface area contributed by atoms with Crippen molar-refractivity contribution in [1.29, 1.82) is 0 Å². The van der Waals surface area contributed by atoms with Crippen molar-refractivity contribution in [2.24, 2.45) is 5.10 Å². The molecule has 0 spiro atoms. The number of benzene rings is 3. The molecule has 0 aliphatic rings. The van der Waals surface area contributed by atoms with E-state index in [4.69, 9.17) is 16.3 Å². The highest BCUT2D eigenvalue weighted by Crippen LogP contribution is 2.19. The van der Waals surface area contributed by atoms with Crippen LogP contribution in [0.1, 0.15) is 16.7 Å². The molecular weight excluding hydrogens is 442 g/mol. The SMILES string of the molecule is Cc1ccc(NC(=O)C(=O)NN=Cc2ccc(OC(=O)C=Cc3ccccc3)cc2)cc1Cl. The summed E-state index contributed by atoms with van der Waals surface area (Å²) in [7, 11) is 0. The van der Waals surface area contributed by atoms with Gasteiger partial charge in [-0.2, -0.15) is 5.10 Å². The number of nitrogens with one attached hydrogen (secondary N) is 2. The van der Waals surface area contributed by atoms with E-state index in [2.05, 4.69) is 15.8 Å². The van der Waals surface area contributed by atoms with Crippen molar-refractivity contribution >= 4 is 47.4 Å². The first-order valence-electron chi connectivity index (χ1n) is 9.86. The van der Waals surface area contributed by atoms with Crippen LogP contribution >= 0.6 is 11.6 Å². The van der Waals surface area contributed by atoms with Crippen molar-refractivity contribution in [3.05, 3.63) is 101 Å². The van der Waals surface area contributed by atoms with Gasteiger partial charge in [-0.15, -0.1) is 0 Å². The van der Waals surface area contributed by atoms with Crippen LogP contribution in [0.2, 0.25) is 5.02 Å². The van der Waals surface area contributed by atoms with Gasteiger partial charge < -0.3 is 10.1 Å². The maximum atomic E-state index is 11.9. The highest BCUT2D eigenvalue weighted by atomic mass is 35.5. The Bertz CT molecular complexity index is 1210. The fourth-order valence-corrected chi connectivity index (χ4v) is 2.76. The highest BCUT2D eigenvalue weighted by molar-refractivity contribution is 6.39. The van der Waals surface area contributed by atoms with Gasteiger partial charge in [0.25, 0.3) is 0 Å². The van der Waals surface area contributed by atoms with E-state index < -0.39 is 17.8 Å². The minimum Gasteiger partial charge on any atom is -0.423 e. The maximum absolute atomic E-state index is 11.9. The molecule has 0 fully saturated rings. The van der Waals surface area contributed by atoms with E-state index in [1.807, 2.05) is 37.3 Å². The van der Waals surface area contributed by atoms with E-state index in [9.17, 15) is 14.4 Å². The summed E-state index contributed by atoms with van der Waals surface area (Å²) in [6, 6.07) is 20.8. The van der Waals surface area contributed by atoms with Crippen LogP contribution in [0.5, 0.6) is 5.75 Å². The second-order valence-corrected chi connectivity index (χ2v) is 7.26. The zero-order chi connectivity index (χ0) is 23.6. The van der Waals surface area contributed by atoms with Gasteiger partial charge in [0.05, 0.1) is 6.21 Å². The topological polar surface area (TPSA) is 96.9 Å². The predicted molar refractivity (Wildman–Crippen MR) is 128 cm³/mol. The number of hydrogen-bond acceptors (Lipinski definition) is 5. The van der Waals surface area contributed by atoms with Crippen LogP contribution in [0.3, 0.4) is 0 Å². The molecule has 0 heterocycles. The van der Waals surface area contributed by atoms with Crippen molar-refractivity contribution in [2.45, 2.75) is 6.92 Å². The molecule has 0 atom stereocenters. The zero-order valence-electron chi connectivity index (χ0n) is 17.6. The number of nitrogens with zero attached hydrogens (tertiary/aromatic N) is 1. The quantitative estimate of drug-likeness (QED) is 0.142. The van der Waals surface area contributed by atoms with Crippen molar-refractivity contribution in [3.63, 3.8) is 0 Å². The van der Waals surface area contributed by atoms with Gasteiger partial charge in [0, 0.05) is 16.8 Å². The molecule has 2 amide bonds. The molecule has 2 N–H and O–H groups in total. The monoisotopic (exact) mass is 461 g/mol. The lowest BCUT2D eigenvalue weighted by molar-refractivity contribution is -0.136. The number of amides is 2. The van der Waals surface area contributed by atoms with Crippen LogP contribution in [-0.2, 0) is 14.4 Å². The van der Waals surface area contributed by atoms with E-state index in [-0.39, 0.29) is 0 Å². The molecule has 0 unspecified atom stereocenters. The standard InChI is InChI=1S/C25H20ClN3O4/c1-17-7-11-20(15-22(17)26)28-24(31)25(32)29-27-16-19-8-12-21(13-9-19)33-23(30)14-10-18-5-3-2-4-6-18/h2-16H,1H3,(H,28,31)(H,29,32). The van der Waals surface area contributed by atoms with Crippen LogP contribution in [-0.4, -0.2) is 24.0 Å². The van der Waals surface area contributed by atoms with Crippen LogP contribution in [0.4, 0.5) is 5.69 Å². The number of rotatable bonds is 6. The van der Waals surface area contributed by atoms with Gasteiger partial charge in [-0.05, 0) is 66.1 Å². The largest absolute Gasteiger partial charge is 0.423 e. The van der Waals surface area contributed by atoms with Crippen LogP contribution in [0.15, 0.2) is 84.0 Å². The summed E-state index contributed by atoms with van der Waals surface area (Å²) in [5.41, 5.74) is 4.92. The first kappa shape index (κ1) is 23.4. The minimum absolute atomic E-state index is 0.357. The average molecular weight is 462 g/mol. The van der Waals surface area contributed by atoms with E-state index in [0.717, 1.165) is 11.1 Å². The third-order valence-corrected chi connectivity index (χ3v) is 4.73. The van der Waals surface area contributed by atoms with Gasteiger partial charge in [0.2, 0.25) is 0 Å². The van der Waals surface area contributed by atoms with E-state index in [1.165, 1.54) is 12.3 Å². The first-order valence-corrected chi connectivity index (χ1v) is 10.2. The maximum Gasteiger partial charge on any atom is 0.336 e. The molecule has 7 nitrogen and oxygen atoms in total. The fourth-order valence-electron chi connectivity index (χ4n) is 2.58. The molecule has 0 aliphatic carbocycles. The van der Waals surface area contributed by atoms with Gasteiger partial charge in [-0.25, -0.2) is 10.2 Å². The van der Waals surface area contributed by atoms with Crippen LogP contribution in [0.25, 0.3) is 6.08 Å². The lowest BCUT2D eigenvalue weighted by Crippen LogP contribution is -2.32. The smallest absolute Gasteiger partial charge is 0.336 e. The lowest BCUT2D eigenvalue weighted by atomic mass is 10.2. The van der Waals surface area contributed by atoms with E-state index >= 15 is 0 Å². The highest BCUT2D eigenvalue weighted by Gasteiger charge is 2.13. The summed E-state index contributed by atoms with van der Waals surface area (Å²) in [5, 5.41) is 6.68. The minimum atomic E-state index is -0.932. The summed E-state index contributed by atoms with van der Waals surface area (Å²) in [4.78, 5) is 35.8. The molecule has 3 aromatic rings. The number of carbonyl (C=O) groups is 3. The van der Waals surface area contributed by atoms with Gasteiger partial charge in [0.15, 0.2) is 0 Å². The van der Waals surface area contributed by atoms with Crippen molar-refractivity contribution < 1.29 is 19.1 Å². The Morgan fingerprint density at radius 1 is 0.909 bits per heavy atom. The zero-order valence-corrected chi connectivity index (χ0v) is 18.4. The average Bonchev–Trinajstić information content (AvgIpc) is 2.82. The Morgan fingerprint density at radius 3 is 2.33 bits per heavy atom. The number of aryl methyl sites for hydroxylation is 1. The summed E-state index contributed by atoms with van der Waals surface area (Å²) in [6.07, 6.45) is 4.36. The number of halogens is 1. The number of anilines is 1. The molecule has 0 aliphatic heterocycles. The summed E-state index contributed by atoms with van der Waals surface area (Å²) >= 11 is 6.00.